The van der Waals surface area contributed by atoms with Gasteiger partial charge in [0.05, 0.1) is 19.1 Å². The molecule has 3 aliphatic rings. The minimum atomic E-state index is -0.695. The van der Waals surface area contributed by atoms with Crippen LogP contribution in [0, 0.1) is 11.8 Å². The highest BCUT2D eigenvalue weighted by Gasteiger charge is 2.42. The zero-order valence-electron chi connectivity index (χ0n) is 11.6. The third-order valence-electron chi connectivity index (χ3n) is 5.07. The molecule has 0 spiro atoms. The number of imide groups is 2. The number of urea groups is 1. The molecular formula is C14H22N3O3+. The third kappa shape index (κ3) is 2.57. The number of barbiturate groups is 1. The molecule has 3 saturated heterocycles. The summed E-state index contributed by atoms with van der Waals surface area (Å²) < 4.78 is 0. The van der Waals surface area contributed by atoms with E-state index < -0.39 is 23.8 Å². The van der Waals surface area contributed by atoms with Crippen molar-refractivity contribution >= 4 is 17.8 Å². The molecule has 20 heavy (non-hydrogen) atoms. The number of hydrogen-bond donors (Lipinski definition) is 3. The summed E-state index contributed by atoms with van der Waals surface area (Å²) in [4.78, 5) is 36.4. The lowest BCUT2D eigenvalue weighted by molar-refractivity contribution is -0.940. The molecule has 3 rings (SSSR count). The van der Waals surface area contributed by atoms with Crippen LogP contribution >= 0.6 is 0 Å². The Hall–Kier alpha value is -1.43. The van der Waals surface area contributed by atoms with Crippen LogP contribution in [0.1, 0.15) is 38.5 Å². The predicted molar refractivity (Wildman–Crippen MR) is 70.8 cm³/mol. The number of quaternary nitrogens is 1. The summed E-state index contributed by atoms with van der Waals surface area (Å²) in [5.74, 6) is -1.13. The minimum Gasteiger partial charge on any atom is -0.332 e. The van der Waals surface area contributed by atoms with Gasteiger partial charge in [-0.25, -0.2) is 4.79 Å². The average molecular weight is 280 g/mol. The van der Waals surface area contributed by atoms with Crippen molar-refractivity contribution < 1.29 is 19.3 Å². The summed E-state index contributed by atoms with van der Waals surface area (Å²) in [6.07, 6.45) is 6.60. The van der Waals surface area contributed by atoms with Gasteiger partial charge in [-0.15, -0.1) is 0 Å². The summed E-state index contributed by atoms with van der Waals surface area (Å²) in [6, 6.07) is -0.0967. The Balaban J connectivity index is 1.68. The SMILES string of the molecule is O=C1NC(=O)C(C[C@H]2CCC[NH+]3CCCC[C@@H]23)C(=O)N1. The first-order valence-corrected chi connectivity index (χ1v) is 7.65. The first kappa shape index (κ1) is 13.5. The van der Waals surface area contributed by atoms with Crippen molar-refractivity contribution in [2.45, 2.75) is 44.6 Å². The lowest BCUT2D eigenvalue weighted by atomic mass is 9.78. The van der Waals surface area contributed by atoms with E-state index in [-0.39, 0.29) is 0 Å². The number of carbonyl (C=O) groups excluding carboxylic acids is 3. The highest BCUT2D eigenvalue weighted by molar-refractivity contribution is 6.16. The van der Waals surface area contributed by atoms with Gasteiger partial charge in [0.25, 0.3) is 0 Å². The van der Waals surface area contributed by atoms with Crippen molar-refractivity contribution in [1.82, 2.24) is 10.6 Å². The summed E-state index contributed by atoms with van der Waals surface area (Å²) in [7, 11) is 0. The van der Waals surface area contributed by atoms with Crippen molar-refractivity contribution in [1.29, 1.82) is 0 Å². The van der Waals surface area contributed by atoms with E-state index >= 15 is 0 Å². The maximum atomic E-state index is 11.8. The van der Waals surface area contributed by atoms with E-state index in [0.29, 0.717) is 18.4 Å². The van der Waals surface area contributed by atoms with Crippen LogP contribution in [-0.4, -0.2) is 37.0 Å². The molecule has 3 N–H and O–H groups in total. The topological polar surface area (TPSA) is 79.7 Å². The van der Waals surface area contributed by atoms with E-state index in [4.69, 9.17) is 0 Å². The second-order valence-electron chi connectivity index (χ2n) is 6.26. The normalized spacial score (nSPS) is 35.2. The van der Waals surface area contributed by atoms with Gasteiger partial charge in [-0.1, -0.05) is 0 Å². The molecule has 6 heteroatoms. The number of hydrogen-bond acceptors (Lipinski definition) is 3. The lowest BCUT2D eigenvalue weighted by Gasteiger charge is -2.42. The van der Waals surface area contributed by atoms with Crippen LogP contribution in [0.25, 0.3) is 0 Å². The van der Waals surface area contributed by atoms with Crippen LogP contribution in [0.3, 0.4) is 0 Å². The van der Waals surface area contributed by atoms with Crippen molar-refractivity contribution in [2.24, 2.45) is 11.8 Å². The van der Waals surface area contributed by atoms with Gasteiger partial charge in [0, 0.05) is 5.92 Å². The molecule has 0 aliphatic carbocycles. The lowest BCUT2D eigenvalue weighted by Crippen LogP contribution is -3.18. The predicted octanol–water partition coefficient (Wildman–Crippen LogP) is -0.794. The molecule has 3 heterocycles. The molecule has 3 atom stereocenters. The van der Waals surface area contributed by atoms with Gasteiger partial charge in [-0.2, -0.15) is 0 Å². The Morgan fingerprint density at radius 3 is 2.40 bits per heavy atom. The number of fused-ring (bicyclic) bond motifs is 1. The minimum absolute atomic E-state index is 0.425. The smallest absolute Gasteiger partial charge is 0.328 e. The summed E-state index contributed by atoms with van der Waals surface area (Å²) in [5, 5.41) is 4.41. The van der Waals surface area contributed by atoms with Crippen LogP contribution in [-0.2, 0) is 9.59 Å². The van der Waals surface area contributed by atoms with Gasteiger partial charge >= 0.3 is 6.03 Å². The van der Waals surface area contributed by atoms with Gasteiger partial charge in [-0.3, -0.25) is 20.2 Å². The van der Waals surface area contributed by atoms with E-state index in [2.05, 4.69) is 10.6 Å². The van der Waals surface area contributed by atoms with Crippen molar-refractivity contribution in [3.8, 4) is 0 Å². The fraction of sp³-hybridized carbons (Fsp3) is 0.786. The van der Waals surface area contributed by atoms with Gasteiger partial charge in [0.1, 0.15) is 5.92 Å². The van der Waals surface area contributed by atoms with E-state index in [1.54, 1.807) is 4.90 Å². The van der Waals surface area contributed by atoms with Crippen molar-refractivity contribution in [3.05, 3.63) is 0 Å². The third-order valence-corrected chi connectivity index (χ3v) is 5.07. The fourth-order valence-electron chi connectivity index (χ4n) is 4.13. The molecule has 6 nitrogen and oxygen atoms in total. The Bertz CT molecular complexity index is 415. The van der Waals surface area contributed by atoms with Crippen LogP contribution < -0.4 is 15.5 Å². The number of amides is 4. The highest BCUT2D eigenvalue weighted by Crippen LogP contribution is 2.27. The molecule has 0 radical (unpaired) electrons. The van der Waals surface area contributed by atoms with Crippen molar-refractivity contribution in [3.63, 3.8) is 0 Å². The maximum Gasteiger partial charge on any atom is 0.328 e. The fourth-order valence-corrected chi connectivity index (χ4v) is 4.13. The Morgan fingerprint density at radius 2 is 1.65 bits per heavy atom. The van der Waals surface area contributed by atoms with Crippen LogP contribution in [0.15, 0.2) is 0 Å². The highest BCUT2D eigenvalue weighted by atomic mass is 16.2. The molecular weight excluding hydrogens is 258 g/mol. The zero-order chi connectivity index (χ0) is 14.1. The van der Waals surface area contributed by atoms with Crippen LogP contribution in [0.4, 0.5) is 4.79 Å². The molecule has 0 aromatic heterocycles. The summed E-state index contributed by atoms with van der Waals surface area (Å²) >= 11 is 0. The van der Waals surface area contributed by atoms with E-state index in [0.717, 1.165) is 6.42 Å². The first-order chi connectivity index (χ1) is 9.65. The molecule has 3 fully saturated rings. The van der Waals surface area contributed by atoms with E-state index in [1.807, 2.05) is 0 Å². The van der Waals surface area contributed by atoms with E-state index in [1.165, 1.54) is 38.8 Å². The summed E-state index contributed by atoms with van der Waals surface area (Å²) in [5.41, 5.74) is 0. The molecule has 0 saturated carbocycles. The maximum absolute atomic E-state index is 11.8. The molecule has 110 valence electrons. The number of rotatable bonds is 2. The van der Waals surface area contributed by atoms with Gasteiger partial charge in [-0.05, 0) is 38.5 Å². The van der Waals surface area contributed by atoms with Crippen molar-refractivity contribution in [2.75, 3.05) is 13.1 Å². The molecule has 1 unspecified atom stereocenters. The molecule has 0 aromatic rings. The van der Waals surface area contributed by atoms with Gasteiger partial charge in [0.2, 0.25) is 11.8 Å². The molecule has 4 amide bonds. The van der Waals surface area contributed by atoms with Crippen LogP contribution in [0.5, 0.6) is 0 Å². The second-order valence-corrected chi connectivity index (χ2v) is 6.26. The largest absolute Gasteiger partial charge is 0.332 e. The Labute approximate surface area is 118 Å². The average Bonchev–Trinajstić information content (AvgIpc) is 2.43. The van der Waals surface area contributed by atoms with E-state index in [9.17, 15) is 14.4 Å². The molecule has 0 aromatic carbocycles. The number of carbonyl (C=O) groups is 3. The number of piperidine rings is 2. The second kappa shape index (κ2) is 5.52. The van der Waals surface area contributed by atoms with Gasteiger partial charge < -0.3 is 4.90 Å². The Kier molecular flexibility index (Phi) is 3.74. The quantitative estimate of drug-likeness (QED) is 0.580. The summed E-state index contributed by atoms with van der Waals surface area (Å²) in [6.45, 7) is 2.45. The van der Waals surface area contributed by atoms with Crippen LogP contribution in [0.2, 0.25) is 0 Å². The monoisotopic (exact) mass is 280 g/mol. The van der Waals surface area contributed by atoms with Gasteiger partial charge in [0.15, 0.2) is 0 Å². The standard InChI is InChI=1S/C14H21N3O3/c18-12-10(13(19)16-14(20)15-12)8-9-4-3-7-17-6-2-1-5-11(9)17/h9-11H,1-8H2,(H2,15,16,18,19,20)/p+1/t9-,11+/m1/s1. The first-order valence-electron chi connectivity index (χ1n) is 7.65. The number of nitrogens with one attached hydrogen (secondary N) is 3. The zero-order valence-corrected chi connectivity index (χ0v) is 11.6. The Morgan fingerprint density at radius 1 is 0.950 bits per heavy atom. The molecule has 0 bridgehead atoms. The molecule has 3 aliphatic heterocycles.